The summed E-state index contributed by atoms with van der Waals surface area (Å²) in [5, 5.41) is 15.2. The van der Waals surface area contributed by atoms with Crippen LogP contribution in [-0.2, 0) is 11.3 Å². The fourth-order valence-electron chi connectivity index (χ4n) is 2.56. The molecule has 4 N–H and O–H groups in total. The van der Waals surface area contributed by atoms with E-state index in [-0.39, 0.29) is 5.84 Å². The Labute approximate surface area is 124 Å². The molecule has 0 amide bonds. The van der Waals surface area contributed by atoms with Crippen molar-refractivity contribution in [2.24, 2.45) is 16.8 Å². The van der Waals surface area contributed by atoms with Gasteiger partial charge in [-0.05, 0) is 37.0 Å². The standard InChI is InChI=1S/C15H23N3O3/c1-10-12(5-6-21-10)9-17-8-11-3-4-13(15(16)18-19)14(7-11)20-2/h3-4,7,10,12,17,19H,5-6,8-9H2,1-2H3,(H2,16,18). The molecule has 0 aliphatic carbocycles. The fraction of sp³-hybridized carbons (Fsp3) is 0.533. The highest BCUT2D eigenvalue weighted by Crippen LogP contribution is 2.21. The van der Waals surface area contributed by atoms with Crippen molar-refractivity contribution in [3.63, 3.8) is 0 Å². The molecule has 1 saturated heterocycles. The molecule has 0 aromatic heterocycles. The van der Waals surface area contributed by atoms with Gasteiger partial charge in [0.1, 0.15) is 5.75 Å². The van der Waals surface area contributed by atoms with Crippen LogP contribution in [0.25, 0.3) is 0 Å². The number of nitrogens with zero attached hydrogens (tertiary/aromatic N) is 1. The number of ether oxygens (including phenoxy) is 2. The normalized spacial score (nSPS) is 22.5. The van der Waals surface area contributed by atoms with Crippen LogP contribution in [0.15, 0.2) is 23.4 Å². The summed E-state index contributed by atoms with van der Waals surface area (Å²) in [5.41, 5.74) is 7.28. The smallest absolute Gasteiger partial charge is 0.173 e. The van der Waals surface area contributed by atoms with Crippen molar-refractivity contribution < 1.29 is 14.7 Å². The summed E-state index contributed by atoms with van der Waals surface area (Å²) in [7, 11) is 1.57. The average Bonchev–Trinajstić information content (AvgIpc) is 2.91. The van der Waals surface area contributed by atoms with Crippen molar-refractivity contribution in [2.45, 2.75) is 26.0 Å². The first-order valence-electron chi connectivity index (χ1n) is 7.12. The quantitative estimate of drug-likeness (QED) is 0.318. The molecule has 0 spiro atoms. The Morgan fingerprint density at radius 1 is 1.57 bits per heavy atom. The van der Waals surface area contributed by atoms with E-state index < -0.39 is 0 Å². The first-order chi connectivity index (χ1) is 10.2. The molecule has 0 bridgehead atoms. The minimum Gasteiger partial charge on any atom is -0.496 e. The molecule has 116 valence electrons. The summed E-state index contributed by atoms with van der Waals surface area (Å²) in [4.78, 5) is 0. The molecule has 1 aliphatic heterocycles. The lowest BCUT2D eigenvalue weighted by molar-refractivity contribution is 0.105. The second-order valence-electron chi connectivity index (χ2n) is 5.28. The van der Waals surface area contributed by atoms with E-state index in [2.05, 4.69) is 17.4 Å². The second-order valence-corrected chi connectivity index (χ2v) is 5.28. The lowest BCUT2D eigenvalue weighted by Crippen LogP contribution is -2.26. The van der Waals surface area contributed by atoms with Gasteiger partial charge in [0.25, 0.3) is 0 Å². The van der Waals surface area contributed by atoms with Gasteiger partial charge in [-0.1, -0.05) is 11.2 Å². The molecule has 2 atom stereocenters. The van der Waals surface area contributed by atoms with Gasteiger partial charge in [0.2, 0.25) is 0 Å². The number of rotatable bonds is 6. The third-order valence-electron chi connectivity index (χ3n) is 3.92. The fourth-order valence-corrected chi connectivity index (χ4v) is 2.56. The topological polar surface area (TPSA) is 89.1 Å². The van der Waals surface area contributed by atoms with E-state index in [1.165, 1.54) is 0 Å². The molecule has 1 heterocycles. The minimum atomic E-state index is 0.0447. The van der Waals surface area contributed by atoms with Gasteiger partial charge in [-0.15, -0.1) is 0 Å². The molecule has 1 aliphatic rings. The van der Waals surface area contributed by atoms with Crippen LogP contribution < -0.4 is 15.8 Å². The Hall–Kier alpha value is -1.79. The lowest BCUT2D eigenvalue weighted by Gasteiger charge is -2.15. The molecule has 6 heteroatoms. The summed E-state index contributed by atoms with van der Waals surface area (Å²) in [6.07, 6.45) is 1.44. The summed E-state index contributed by atoms with van der Waals surface area (Å²) in [6, 6.07) is 5.64. The average molecular weight is 293 g/mol. The Balaban J connectivity index is 1.94. The van der Waals surface area contributed by atoms with E-state index in [9.17, 15) is 0 Å². The van der Waals surface area contributed by atoms with Gasteiger partial charge in [0, 0.05) is 19.7 Å². The Morgan fingerprint density at radius 3 is 3.00 bits per heavy atom. The zero-order chi connectivity index (χ0) is 15.2. The summed E-state index contributed by atoms with van der Waals surface area (Å²) in [6.45, 7) is 4.66. The number of amidine groups is 1. The van der Waals surface area contributed by atoms with Gasteiger partial charge in [0.15, 0.2) is 5.84 Å². The zero-order valence-electron chi connectivity index (χ0n) is 12.5. The maximum atomic E-state index is 8.75. The minimum absolute atomic E-state index is 0.0447. The van der Waals surface area contributed by atoms with Gasteiger partial charge in [-0.25, -0.2) is 0 Å². The van der Waals surface area contributed by atoms with E-state index in [1.807, 2.05) is 12.1 Å². The molecule has 21 heavy (non-hydrogen) atoms. The molecule has 0 saturated carbocycles. The van der Waals surface area contributed by atoms with Crippen molar-refractivity contribution in [3.05, 3.63) is 29.3 Å². The van der Waals surface area contributed by atoms with Crippen LogP contribution in [0.5, 0.6) is 5.75 Å². The lowest BCUT2D eigenvalue weighted by atomic mass is 10.0. The molecule has 2 rings (SSSR count). The number of hydrogen-bond donors (Lipinski definition) is 3. The van der Waals surface area contributed by atoms with Crippen LogP contribution >= 0.6 is 0 Å². The van der Waals surface area contributed by atoms with Gasteiger partial charge >= 0.3 is 0 Å². The second kappa shape index (κ2) is 7.28. The number of methoxy groups -OCH3 is 1. The summed E-state index contributed by atoms with van der Waals surface area (Å²) >= 11 is 0. The number of oxime groups is 1. The summed E-state index contributed by atoms with van der Waals surface area (Å²) < 4.78 is 10.8. The number of nitrogens with one attached hydrogen (secondary N) is 1. The van der Waals surface area contributed by atoms with Crippen LogP contribution in [0.4, 0.5) is 0 Å². The molecule has 1 aromatic carbocycles. The van der Waals surface area contributed by atoms with Crippen LogP contribution in [0.2, 0.25) is 0 Å². The zero-order valence-corrected chi connectivity index (χ0v) is 12.5. The maximum Gasteiger partial charge on any atom is 0.173 e. The molecular weight excluding hydrogens is 270 g/mol. The number of hydrogen-bond acceptors (Lipinski definition) is 5. The van der Waals surface area contributed by atoms with E-state index in [0.29, 0.717) is 23.3 Å². The van der Waals surface area contributed by atoms with Crippen molar-refractivity contribution >= 4 is 5.84 Å². The van der Waals surface area contributed by atoms with Gasteiger partial charge in [-0.2, -0.15) is 0 Å². The van der Waals surface area contributed by atoms with Gasteiger partial charge in [-0.3, -0.25) is 0 Å². The molecule has 1 fully saturated rings. The highest BCUT2D eigenvalue weighted by Gasteiger charge is 2.23. The SMILES string of the molecule is COc1cc(CNCC2CCOC2C)ccc1/C(N)=N/O. The van der Waals surface area contributed by atoms with Gasteiger partial charge < -0.3 is 25.7 Å². The first-order valence-corrected chi connectivity index (χ1v) is 7.12. The van der Waals surface area contributed by atoms with Gasteiger partial charge in [0.05, 0.1) is 18.8 Å². The summed E-state index contributed by atoms with van der Waals surface area (Å²) in [5.74, 6) is 1.22. The number of nitrogens with two attached hydrogens (primary N) is 1. The Morgan fingerprint density at radius 2 is 2.38 bits per heavy atom. The highest BCUT2D eigenvalue weighted by atomic mass is 16.5. The monoisotopic (exact) mass is 293 g/mol. The third kappa shape index (κ3) is 3.86. The largest absolute Gasteiger partial charge is 0.496 e. The molecular formula is C15H23N3O3. The third-order valence-corrected chi connectivity index (χ3v) is 3.92. The maximum absolute atomic E-state index is 8.75. The molecule has 6 nitrogen and oxygen atoms in total. The predicted octanol–water partition coefficient (Wildman–Crippen LogP) is 1.30. The highest BCUT2D eigenvalue weighted by molar-refractivity contribution is 5.99. The van der Waals surface area contributed by atoms with Crippen LogP contribution in [0.1, 0.15) is 24.5 Å². The first kappa shape index (κ1) is 15.6. The van der Waals surface area contributed by atoms with Crippen molar-refractivity contribution in [3.8, 4) is 5.75 Å². The van der Waals surface area contributed by atoms with Crippen molar-refractivity contribution in [2.75, 3.05) is 20.3 Å². The molecule has 2 unspecified atom stereocenters. The van der Waals surface area contributed by atoms with Crippen molar-refractivity contribution in [1.82, 2.24) is 5.32 Å². The number of benzene rings is 1. The molecule has 0 radical (unpaired) electrons. The molecule has 1 aromatic rings. The van der Waals surface area contributed by atoms with Crippen LogP contribution in [0.3, 0.4) is 0 Å². The Bertz CT molecular complexity index is 505. The van der Waals surface area contributed by atoms with Crippen molar-refractivity contribution in [1.29, 1.82) is 0 Å². The van der Waals surface area contributed by atoms with Crippen LogP contribution in [0, 0.1) is 5.92 Å². The van der Waals surface area contributed by atoms with E-state index in [4.69, 9.17) is 20.4 Å². The van der Waals surface area contributed by atoms with E-state index in [0.717, 1.165) is 31.7 Å². The van der Waals surface area contributed by atoms with E-state index >= 15 is 0 Å². The van der Waals surface area contributed by atoms with E-state index in [1.54, 1.807) is 13.2 Å². The van der Waals surface area contributed by atoms with Crippen LogP contribution in [-0.4, -0.2) is 37.4 Å². The predicted molar refractivity (Wildman–Crippen MR) is 80.7 cm³/mol. The Kier molecular flexibility index (Phi) is 5.41.